The van der Waals surface area contributed by atoms with Crippen molar-refractivity contribution in [1.82, 2.24) is 9.88 Å². The van der Waals surface area contributed by atoms with E-state index in [1.54, 1.807) is 55.6 Å². The summed E-state index contributed by atoms with van der Waals surface area (Å²) in [6.07, 6.45) is 3.97. The monoisotopic (exact) mass is 325 g/mol. The summed E-state index contributed by atoms with van der Waals surface area (Å²) >= 11 is 0. The Hall–Kier alpha value is -2.89. The summed E-state index contributed by atoms with van der Waals surface area (Å²) in [5.41, 5.74) is 3.15. The van der Waals surface area contributed by atoms with Crippen molar-refractivity contribution >= 4 is 17.5 Å². The molecule has 3 rings (SSSR count). The first-order valence-corrected chi connectivity index (χ1v) is 7.75. The van der Waals surface area contributed by atoms with Crippen molar-refractivity contribution in [3.05, 3.63) is 53.3 Å². The van der Waals surface area contributed by atoms with Gasteiger partial charge in [-0.25, -0.2) is 0 Å². The Labute approximate surface area is 140 Å². The molecular formula is C18H19N3O3. The van der Waals surface area contributed by atoms with Crippen LogP contribution >= 0.6 is 0 Å². The summed E-state index contributed by atoms with van der Waals surface area (Å²) in [6.45, 7) is 2.68. The second-order valence-electron chi connectivity index (χ2n) is 5.70. The zero-order valence-electron chi connectivity index (χ0n) is 13.7. The van der Waals surface area contributed by atoms with E-state index in [2.05, 4.69) is 10.3 Å². The molecule has 0 unspecified atom stereocenters. The zero-order chi connectivity index (χ0) is 17.1. The number of benzene rings is 1. The molecule has 1 aromatic carbocycles. The molecule has 1 aliphatic heterocycles. The summed E-state index contributed by atoms with van der Waals surface area (Å²) in [5.74, 6) is 0.575. The summed E-state index contributed by atoms with van der Waals surface area (Å²) in [5, 5.41) is 2.88. The lowest BCUT2D eigenvalue weighted by molar-refractivity contribution is -0.129. The van der Waals surface area contributed by atoms with Gasteiger partial charge >= 0.3 is 0 Å². The molecule has 2 amide bonds. The van der Waals surface area contributed by atoms with E-state index in [4.69, 9.17) is 4.74 Å². The minimum absolute atomic E-state index is 0.0359. The third kappa shape index (κ3) is 3.22. The van der Waals surface area contributed by atoms with Gasteiger partial charge in [-0.2, -0.15) is 0 Å². The molecule has 0 saturated carbocycles. The number of ether oxygens (including phenoxy) is 1. The van der Waals surface area contributed by atoms with Crippen molar-refractivity contribution < 1.29 is 14.3 Å². The van der Waals surface area contributed by atoms with Crippen LogP contribution < -0.4 is 10.1 Å². The number of nitrogens with one attached hydrogen (secondary N) is 1. The number of rotatable bonds is 3. The van der Waals surface area contributed by atoms with Gasteiger partial charge in [0.1, 0.15) is 5.75 Å². The van der Waals surface area contributed by atoms with Gasteiger partial charge in [0, 0.05) is 38.1 Å². The van der Waals surface area contributed by atoms with Crippen molar-refractivity contribution in [1.29, 1.82) is 0 Å². The van der Waals surface area contributed by atoms with Gasteiger partial charge in [-0.15, -0.1) is 0 Å². The molecule has 1 N–H and O–H groups in total. The lowest BCUT2D eigenvalue weighted by atomic mass is 9.96. The fourth-order valence-electron chi connectivity index (χ4n) is 2.83. The standard InChI is InChI=1S/C18H19N3O3/c1-12(22)21-8-7-16-13(11-21)9-19-10-17(16)18(23)20-14-3-5-15(24-2)6-4-14/h3-6,9-10H,7-8,11H2,1-2H3,(H,20,23). The Balaban J connectivity index is 1.80. The van der Waals surface area contributed by atoms with E-state index in [0.717, 1.165) is 16.9 Å². The second-order valence-corrected chi connectivity index (χ2v) is 5.70. The van der Waals surface area contributed by atoms with Gasteiger partial charge < -0.3 is 15.0 Å². The molecule has 124 valence electrons. The third-order valence-corrected chi connectivity index (χ3v) is 4.18. The van der Waals surface area contributed by atoms with E-state index in [1.165, 1.54) is 0 Å². The molecule has 2 heterocycles. The molecule has 0 aliphatic carbocycles. The highest BCUT2D eigenvalue weighted by Crippen LogP contribution is 2.23. The average molecular weight is 325 g/mol. The van der Waals surface area contributed by atoms with Crippen LogP contribution in [0.3, 0.4) is 0 Å². The number of fused-ring (bicyclic) bond motifs is 1. The molecule has 6 heteroatoms. The molecule has 0 atom stereocenters. The lowest BCUT2D eigenvalue weighted by Crippen LogP contribution is -2.35. The van der Waals surface area contributed by atoms with Crippen LogP contribution in [0.4, 0.5) is 5.69 Å². The number of aromatic nitrogens is 1. The quantitative estimate of drug-likeness (QED) is 0.939. The van der Waals surface area contributed by atoms with E-state index < -0.39 is 0 Å². The van der Waals surface area contributed by atoms with Crippen LogP contribution in [0.1, 0.15) is 28.4 Å². The highest BCUT2D eigenvalue weighted by atomic mass is 16.5. The number of nitrogens with zero attached hydrogens (tertiary/aromatic N) is 2. The van der Waals surface area contributed by atoms with Crippen LogP contribution in [-0.4, -0.2) is 35.4 Å². The fourth-order valence-corrected chi connectivity index (χ4v) is 2.83. The molecule has 1 aliphatic rings. The highest BCUT2D eigenvalue weighted by Gasteiger charge is 2.23. The van der Waals surface area contributed by atoms with Crippen LogP contribution in [0.25, 0.3) is 0 Å². The molecule has 2 aromatic rings. The molecule has 1 aromatic heterocycles. The van der Waals surface area contributed by atoms with Gasteiger partial charge in [-0.1, -0.05) is 0 Å². The predicted molar refractivity (Wildman–Crippen MR) is 90.0 cm³/mol. The number of pyridine rings is 1. The molecule has 0 spiro atoms. The Morgan fingerprint density at radius 2 is 1.96 bits per heavy atom. The number of carbonyl (C=O) groups excluding carboxylic acids is 2. The maximum atomic E-state index is 12.6. The Bertz CT molecular complexity index is 772. The highest BCUT2D eigenvalue weighted by molar-refractivity contribution is 6.05. The van der Waals surface area contributed by atoms with Crippen molar-refractivity contribution in [3.8, 4) is 5.75 Å². The number of hydrogen-bond donors (Lipinski definition) is 1. The van der Waals surface area contributed by atoms with E-state index in [9.17, 15) is 9.59 Å². The predicted octanol–water partition coefficient (Wildman–Crippen LogP) is 2.25. The summed E-state index contributed by atoms with van der Waals surface area (Å²) in [4.78, 5) is 30.1. The minimum Gasteiger partial charge on any atom is -0.497 e. The van der Waals surface area contributed by atoms with Crippen molar-refractivity contribution in [3.63, 3.8) is 0 Å². The first-order chi connectivity index (χ1) is 11.6. The number of carbonyl (C=O) groups is 2. The van der Waals surface area contributed by atoms with Gasteiger partial charge in [0.15, 0.2) is 0 Å². The van der Waals surface area contributed by atoms with E-state index in [1.807, 2.05) is 0 Å². The van der Waals surface area contributed by atoms with Crippen molar-refractivity contribution in [2.45, 2.75) is 19.9 Å². The van der Waals surface area contributed by atoms with Crippen LogP contribution in [0.5, 0.6) is 5.75 Å². The normalized spacial score (nSPS) is 13.2. The molecule has 0 bridgehead atoms. The van der Waals surface area contributed by atoms with E-state index in [-0.39, 0.29) is 11.8 Å². The molecule has 24 heavy (non-hydrogen) atoms. The fraction of sp³-hybridized carbons (Fsp3) is 0.278. The molecular weight excluding hydrogens is 306 g/mol. The lowest BCUT2D eigenvalue weighted by Gasteiger charge is -2.28. The number of amides is 2. The summed E-state index contributed by atoms with van der Waals surface area (Å²) in [6, 6.07) is 7.16. The second kappa shape index (κ2) is 6.70. The first kappa shape index (κ1) is 16.0. The van der Waals surface area contributed by atoms with E-state index in [0.29, 0.717) is 30.8 Å². The number of hydrogen-bond acceptors (Lipinski definition) is 4. The minimum atomic E-state index is -0.194. The Kier molecular flexibility index (Phi) is 4.46. The molecule has 0 saturated heterocycles. The van der Waals surface area contributed by atoms with Crippen molar-refractivity contribution in [2.24, 2.45) is 0 Å². The van der Waals surface area contributed by atoms with Crippen LogP contribution in [0, 0.1) is 0 Å². The van der Waals surface area contributed by atoms with Gasteiger partial charge in [0.2, 0.25) is 5.91 Å². The van der Waals surface area contributed by atoms with Gasteiger partial charge in [0.05, 0.1) is 12.7 Å². The maximum absolute atomic E-state index is 12.6. The third-order valence-electron chi connectivity index (χ3n) is 4.18. The van der Waals surface area contributed by atoms with Crippen LogP contribution in [0.15, 0.2) is 36.7 Å². The molecule has 0 radical (unpaired) electrons. The Morgan fingerprint density at radius 3 is 2.62 bits per heavy atom. The topological polar surface area (TPSA) is 71.5 Å². The van der Waals surface area contributed by atoms with Gasteiger partial charge in [-0.05, 0) is 41.8 Å². The number of anilines is 1. The van der Waals surface area contributed by atoms with Gasteiger partial charge in [-0.3, -0.25) is 14.6 Å². The molecule has 0 fully saturated rings. The SMILES string of the molecule is COc1ccc(NC(=O)c2cncc3c2CCN(C(C)=O)C3)cc1. The van der Waals surface area contributed by atoms with Gasteiger partial charge in [0.25, 0.3) is 5.91 Å². The van der Waals surface area contributed by atoms with Crippen LogP contribution in [0.2, 0.25) is 0 Å². The summed E-state index contributed by atoms with van der Waals surface area (Å²) in [7, 11) is 1.60. The number of methoxy groups -OCH3 is 1. The van der Waals surface area contributed by atoms with Crippen molar-refractivity contribution in [2.75, 3.05) is 19.0 Å². The Morgan fingerprint density at radius 1 is 1.21 bits per heavy atom. The zero-order valence-corrected chi connectivity index (χ0v) is 13.7. The largest absolute Gasteiger partial charge is 0.497 e. The van der Waals surface area contributed by atoms with E-state index >= 15 is 0 Å². The van der Waals surface area contributed by atoms with Crippen LogP contribution in [-0.2, 0) is 17.8 Å². The average Bonchev–Trinajstić information content (AvgIpc) is 2.61. The smallest absolute Gasteiger partial charge is 0.257 e. The molecule has 6 nitrogen and oxygen atoms in total. The first-order valence-electron chi connectivity index (χ1n) is 7.75. The summed E-state index contributed by atoms with van der Waals surface area (Å²) < 4.78 is 5.11. The maximum Gasteiger partial charge on any atom is 0.257 e.